The molecule has 0 bridgehead atoms. The molecule has 3 rings (SSSR count). The number of aromatic nitrogens is 2. The number of hydrogen-bond donors (Lipinski definition) is 2. The van der Waals surface area contributed by atoms with Crippen LogP contribution in [0.2, 0.25) is 0 Å². The van der Waals surface area contributed by atoms with Crippen molar-refractivity contribution in [3.05, 3.63) is 66.0 Å². The number of nitrogens with one attached hydrogen (secondary N) is 2. The van der Waals surface area contributed by atoms with Crippen molar-refractivity contribution in [2.24, 2.45) is 0 Å². The van der Waals surface area contributed by atoms with Crippen molar-refractivity contribution in [3.63, 3.8) is 0 Å². The molecule has 0 atom stereocenters. The van der Waals surface area contributed by atoms with E-state index >= 15 is 0 Å². The minimum Gasteiger partial charge on any atom is -0.497 e. The summed E-state index contributed by atoms with van der Waals surface area (Å²) in [4.78, 5) is 20.3. The van der Waals surface area contributed by atoms with Crippen molar-refractivity contribution in [3.8, 4) is 11.5 Å². The molecule has 0 aliphatic heterocycles. The second kappa shape index (κ2) is 8.30. The Morgan fingerprint density at radius 2 is 1.68 bits per heavy atom. The van der Waals surface area contributed by atoms with Crippen LogP contribution in [0.25, 0.3) is 0 Å². The highest BCUT2D eigenvalue weighted by Crippen LogP contribution is 2.30. The van der Waals surface area contributed by atoms with E-state index in [4.69, 9.17) is 9.47 Å². The molecule has 0 fully saturated rings. The molecule has 0 radical (unpaired) electrons. The second-order valence-corrected chi connectivity index (χ2v) is 5.54. The fourth-order valence-corrected chi connectivity index (χ4v) is 2.34. The Morgan fingerprint density at radius 1 is 1.00 bits per heavy atom. The molecule has 0 saturated heterocycles. The van der Waals surface area contributed by atoms with Crippen molar-refractivity contribution < 1.29 is 23.0 Å². The lowest BCUT2D eigenvalue weighted by molar-refractivity contribution is 0.102. The van der Waals surface area contributed by atoms with Crippen LogP contribution in [-0.2, 0) is 0 Å². The summed E-state index contributed by atoms with van der Waals surface area (Å²) < 4.78 is 37.7. The molecule has 1 amide bonds. The highest BCUT2D eigenvalue weighted by Gasteiger charge is 2.14. The van der Waals surface area contributed by atoms with Gasteiger partial charge in [-0.3, -0.25) is 4.79 Å². The summed E-state index contributed by atoms with van der Waals surface area (Å²) in [7, 11) is 3.05. The van der Waals surface area contributed by atoms with E-state index in [1.54, 1.807) is 25.3 Å². The number of hydrogen-bond acceptors (Lipinski definition) is 6. The topological polar surface area (TPSA) is 85.4 Å². The van der Waals surface area contributed by atoms with Crippen molar-refractivity contribution in [2.45, 2.75) is 0 Å². The maximum atomic E-state index is 13.6. The Labute approximate surface area is 159 Å². The summed E-state index contributed by atoms with van der Waals surface area (Å²) in [5, 5.41) is 5.13. The number of halogens is 2. The predicted molar refractivity (Wildman–Crippen MR) is 99.2 cm³/mol. The first-order valence-corrected chi connectivity index (χ1v) is 8.08. The van der Waals surface area contributed by atoms with Gasteiger partial charge in [0.15, 0.2) is 0 Å². The summed E-state index contributed by atoms with van der Waals surface area (Å²) >= 11 is 0. The largest absolute Gasteiger partial charge is 0.497 e. The number of rotatable bonds is 6. The van der Waals surface area contributed by atoms with Crippen LogP contribution in [0.15, 0.2) is 48.8 Å². The molecule has 0 saturated carbocycles. The van der Waals surface area contributed by atoms with Gasteiger partial charge in [0.1, 0.15) is 28.8 Å². The van der Waals surface area contributed by atoms with Gasteiger partial charge in [-0.25, -0.2) is 18.7 Å². The maximum absolute atomic E-state index is 13.6. The van der Waals surface area contributed by atoms with E-state index in [1.807, 2.05) is 0 Å². The summed E-state index contributed by atoms with van der Waals surface area (Å²) in [6.07, 6.45) is 2.47. The Morgan fingerprint density at radius 3 is 2.29 bits per heavy atom. The van der Waals surface area contributed by atoms with Gasteiger partial charge in [-0.2, -0.15) is 0 Å². The molecule has 2 aromatic carbocycles. The monoisotopic (exact) mass is 386 g/mol. The van der Waals surface area contributed by atoms with E-state index in [-0.39, 0.29) is 11.5 Å². The summed E-state index contributed by atoms with van der Waals surface area (Å²) in [5.41, 5.74) is 0.0986. The number of anilines is 3. The minimum absolute atomic E-state index is 0.0369. The van der Waals surface area contributed by atoms with Gasteiger partial charge in [-0.15, -0.1) is 0 Å². The Kier molecular flexibility index (Phi) is 5.64. The third-order valence-electron chi connectivity index (χ3n) is 3.77. The second-order valence-electron chi connectivity index (χ2n) is 5.54. The first-order valence-electron chi connectivity index (χ1n) is 8.08. The van der Waals surface area contributed by atoms with E-state index in [9.17, 15) is 13.6 Å². The standard InChI is InChI=1S/C19H16F2N4O3/c1-27-12-6-7-15(16(8-12)28-2)24-19-22-9-11(10-23-19)18(26)25-17-13(20)4-3-5-14(17)21/h3-10H,1-2H3,(H,25,26)(H,22,23,24). The zero-order valence-corrected chi connectivity index (χ0v) is 15.0. The zero-order valence-electron chi connectivity index (χ0n) is 15.0. The number of carbonyl (C=O) groups excluding carboxylic acids is 1. The third-order valence-corrected chi connectivity index (χ3v) is 3.77. The highest BCUT2D eigenvalue weighted by atomic mass is 19.1. The van der Waals surface area contributed by atoms with Gasteiger partial charge in [0.05, 0.1) is 25.5 Å². The van der Waals surface area contributed by atoms with Crippen molar-refractivity contribution in [2.75, 3.05) is 24.9 Å². The van der Waals surface area contributed by atoms with Crippen LogP contribution in [0, 0.1) is 11.6 Å². The maximum Gasteiger partial charge on any atom is 0.258 e. The minimum atomic E-state index is -0.876. The van der Waals surface area contributed by atoms with Gasteiger partial charge >= 0.3 is 0 Å². The average Bonchev–Trinajstić information content (AvgIpc) is 2.71. The Bertz CT molecular complexity index is 977. The predicted octanol–water partition coefficient (Wildman–Crippen LogP) is 3.77. The van der Waals surface area contributed by atoms with Crippen LogP contribution in [0.4, 0.5) is 26.1 Å². The lowest BCUT2D eigenvalue weighted by Gasteiger charge is -2.11. The Balaban J connectivity index is 1.74. The number of ether oxygens (including phenoxy) is 2. The highest BCUT2D eigenvalue weighted by molar-refractivity contribution is 6.04. The number of carbonyl (C=O) groups is 1. The van der Waals surface area contributed by atoms with Crippen LogP contribution < -0.4 is 20.1 Å². The zero-order chi connectivity index (χ0) is 20.1. The van der Waals surface area contributed by atoms with Gasteiger partial charge in [-0.05, 0) is 24.3 Å². The molecule has 0 unspecified atom stereocenters. The van der Waals surface area contributed by atoms with Gasteiger partial charge in [0, 0.05) is 18.5 Å². The smallest absolute Gasteiger partial charge is 0.258 e. The van der Waals surface area contributed by atoms with Crippen LogP contribution in [0.1, 0.15) is 10.4 Å². The van der Waals surface area contributed by atoms with Crippen LogP contribution >= 0.6 is 0 Å². The lowest BCUT2D eigenvalue weighted by atomic mass is 10.2. The first kappa shape index (κ1) is 19.0. The van der Waals surface area contributed by atoms with Gasteiger partial charge in [-0.1, -0.05) is 6.07 Å². The van der Waals surface area contributed by atoms with Crippen molar-refractivity contribution in [1.29, 1.82) is 0 Å². The van der Waals surface area contributed by atoms with E-state index in [2.05, 4.69) is 20.6 Å². The molecule has 1 aromatic heterocycles. The summed E-state index contributed by atoms with van der Waals surface area (Å²) in [5.74, 6) is -1.15. The molecule has 0 aliphatic rings. The van der Waals surface area contributed by atoms with E-state index in [0.717, 1.165) is 12.1 Å². The van der Waals surface area contributed by atoms with Crippen LogP contribution in [0.3, 0.4) is 0 Å². The summed E-state index contributed by atoms with van der Waals surface area (Å²) in [6.45, 7) is 0. The normalized spacial score (nSPS) is 10.3. The fraction of sp³-hybridized carbons (Fsp3) is 0.105. The molecule has 0 spiro atoms. The summed E-state index contributed by atoms with van der Waals surface area (Å²) in [6, 6.07) is 8.44. The molecular formula is C19H16F2N4O3. The fourth-order valence-electron chi connectivity index (χ4n) is 2.34. The third kappa shape index (κ3) is 4.14. The lowest BCUT2D eigenvalue weighted by Crippen LogP contribution is -2.15. The molecule has 1 heterocycles. The van der Waals surface area contributed by atoms with Crippen molar-refractivity contribution >= 4 is 23.2 Å². The average molecular weight is 386 g/mol. The molecule has 3 aromatic rings. The van der Waals surface area contributed by atoms with E-state index < -0.39 is 23.2 Å². The molecule has 0 aliphatic carbocycles. The van der Waals surface area contributed by atoms with E-state index in [0.29, 0.717) is 17.2 Å². The molecule has 9 heteroatoms. The molecule has 144 valence electrons. The SMILES string of the molecule is COc1ccc(Nc2ncc(C(=O)Nc3c(F)cccc3F)cn2)c(OC)c1. The van der Waals surface area contributed by atoms with Gasteiger partial charge in [0.25, 0.3) is 5.91 Å². The Hall–Kier alpha value is -3.75. The molecule has 28 heavy (non-hydrogen) atoms. The number of para-hydroxylation sites is 1. The number of benzene rings is 2. The number of nitrogens with zero attached hydrogens (tertiary/aromatic N) is 2. The quantitative estimate of drug-likeness (QED) is 0.671. The first-order chi connectivity index (χ1) is 13.5. The number of amides is 1. The molecule has 7 nitrogen and oxygen atoms in total. The van der Waals surface area contributed by atoms with E-state index in [1.165, 1.54) is 25.6 Å². The van der Waals surface area contributed by atoms with Crippen LogP contribution in [-0.4, -0.2) is 30.1 Å². The molecule has 2 N–H and O–H groups in total. The van der Waals surface area contributed by atoms with Gasteiger partial charge < -0.3 is 20.1 Å². The number of methoxy groups -OCH3 is 2. The van der Waals surface area contributed by atoms with Crippen LogP contribution in [0.5, 0.6) is 11.5 Å². The van der Waals surface area contributed by atoms with Crippen molar-refractivity contribution in [1.82, 2.24) is 9.97 Å². The van der Waals surface area contributed by atoms with Gasteiger partial charge in [0.2, 0.25) is 5.95 Å². The molecular weight excluding hydrogens is 370 g/mol.